The smallest absolute Gasteiger partial charge is 0.416 e. The molecule has 1 atom stereocenters. The van der Waals surface area contributed by atoms with E-state index in [9.17, 15) is 23.1 Å². The molecule has 2 heterocycles. The lowest BCUT2D eigenvalue weighted by Crippen LogP contribution is -2.39. The molecular weight excluding hydrogens is 381 g/mol. The molecule has 8 heteroatoms. The van der Waals surface area contributed by atoms with Crippen LogP contribution in [-0.2, 0) is 11.0 Å². The van der Waals surface area contributed by atoms with Gasteiger partial charge in [-0.1, -0.05) is 11.6 Å². The lowest BCUT2D eigenvalue weighted by molar-refractivity contribution is -0.143. The number of aromatic nitrogens is 1. The van der Waals surface area contributed by atoms with Gasteiger partial charge in [0.25, 0.3) is 0 Å². The topological polar surface area (TPSA) is 53.4 Å². The fourth-order valence-corrected chi connectivity index (χ4v) is 3.69. The molecule has 27 heavy (non-hydrogen) atoms. The molecule has 1 fully saturated rings. The first-order valence-corrected chi connectivity index (χ1v) is 8.88. The van der Waals surface area contributed by atoms with Gasteiger partial charge in [-0.05, 0) is 67.4 Å². The van der Waals surface area contributed by atoms with Crippen molar-refractivity contribution in [2.45, 2.75) is 25.1 Å². The fourth-order valence-electron chi connectivity index (χ4n) is 3.47. The minimum absolute atomic E-state index is 0.241. The number of halogens is 4. The zero-order valence-corrected chi connectivity index (χ0v) is 15.0. The number of benzene rings is 1. The Morgan fingerprint density at radius 3 is 2.37 bits per heavy atom. The molecule has 1 unspecified atom stereocenters. The summed E-state index contributed by atoms with van der Waals surface area (Å²) < 4.78 is 39.6. The van der Waals surface area contributed by atoms with Crippen LogP contribution in [0, 0.1) is 5.92 Å². The average Bonchev–Trinajstić information content (AvgIpc) is 2.64. The summed E-state index contributed by atoms with van der Waals surface area (Å²) in [5.74, 6) is -1.27. The van der Waals surface area contributed by atoms with Gasteiger partial charge >= 0.3 is 12.1 Å². The number of hydrogen-bond donors (Lipinski definition) is 1. The van der Waals surface area contributed by atoms with E-state index in [1.54, 1.807) is 24.5 Å². The number of rotatable bonds is 4. The molecule has 0 radical (unpaired) electrons. The van der Waals surface area contributed by atoms with E-state index in [-0.39, 0.29) is 5.02 Å². The van der Waals surface area contributed by atoms with E-state index < -0.39 is 29.7 Å². The van der Waals surface area contributed by atoms with Crippen LogP contribution < -0.4 is 0 Å². The molecular formula is C19H18ClF3N2O2. The van der Waals surface area contributed by atoms with Crippen molar-refractivity contribution in [1.82, 2.24) is 9.88 Å². The largest absolute Gasteiger partial charge is 0.481 e. The molecule has 144 valence electrons. The van der Waals surface area contributed by atoms with Gasteiger partial charge in [-0.15, -0.1) is 0 Å². The van der Waals surface area contributed by atoms with Gasteiger partial charge in [0.15, 0.2) is 0 Å². The number of carbonyl (C=O) groups is 1. The SMILES string of the molecule is O=C(O)C1CCN(C(c2ccncc2)c2cc(C(F)(F)F)ccc2Cl)CC1. The Balaban J connectivity index is 2.01. The predicted octanol–water partition coefficient (Wildman–Crippen LogP) is 4.64. The van der Waals surface area contributed by atoms with Crippen molar-refractivity contribution in [2.24, 2.45) is 5.92 Å². The second-order valence-corrected chi connectivity index (χ2v) is 6.97. The Bertz CT molecular complexity index is 806. The Morgan fingerprint density at radius 1 is 1.19 bits per heavy atom. The van der Waals surface area contributed by atoms with Crippen LogP contribution >= 0.6 is 11.6 Å². The average molecular weight is 399 g/mol. The Labute approximate surface area is 159 Å². The first kappa shape index (κ1) is 19.6. The van der Waals surface area contributed by atoms with Crippen LogP contribution in [0.1, 0.15) is 35.6 Å². The normalized spacial score (nSPS) is 17.6. The molecule has 1 aromatic carbocycles. The van der Waals surface area contributed by atoms with Gasteiger partial charge in [-0.25, -0.2) is 0 Å². The second-order valence-electron chi connectivity index (χ2n) is 6.57. The van der Waals surface area contributed by atoms with Crippen LogP contribution in [-0.4, -0.2) is 34.0 Å². The molecule has 1 aliphatic heterocycles. The van der Waals surface area contributed by atoms with Crippen LogP contribution in [0.25, 0.3) is 0 Å². The van der Waals surface area contributed by atoms with Crippen molar-refractivity contribution in [2.75, 3.05) is 13.1 Å². The quantitative estimate of drug-likeness (QED) is 0.815. The van der Waals surface area contributed by atoms with Gasteiger partial charge < -0.3 is 5.11 Å². The molecule has 2 aromatic rings. The molecule has 1 saturated heterocycles. The lowest BCUT2D eigenvalue weighted by Gasteiger charge is -2.37. The highest BCUT2D eigenvalue weighted by Crippen LogP contribution is 2.39. The Morgan fingerprint density at radius 2 is 1.81 bits per heavy atom. The summed E-state index contributed by atoms with van der Waals surface area (Å²) in [6.45, 7) is 0.910. The summed E-state index contributed by atoms with van der Waals surface area (Å²) in [6, 6.07) is 6.29. The molecule has 1 N–H and O–H groups in total. The van der Waals surface area contributed by atoms with Crippen LogP contribution in [0.4, 0.5) is 13.2 Å². The zero-order chi connectivity index (χ0) is 19.6. The lowest BCUT2D eigenvalue weighted by atomic mass is 9.91. The molecule has 1 aliphatic rings. The van der Waals surface area contributed by atoms with Crippen molar-refractivity contribution >= 4 is 17.6 Å². The van der Waals surface area contributed by atoms with E-state index in [1.807, 2.05) is 4.90 Å². The third-order valence-electron chi connectivity index (χ3n) is 4.88. The van der Waals surface area contributed by atoms with Gasteiger partial charge in [0.2, 0.25) is 0 Å². The predicted molar refractivity (Wildman–Crippen MR) is 94.5 cm³/mol. The Kier molecular flexibility index (Phi) is 5.72. The maximum atomic E-state index is 13.2. The summed E-state index contributed by atoms with van der Waals surface area (Å²) in [4.78, 5) is 17.2. The minimum atomic E-state index is -4.47. The number of likely N-dealkylation sites (tertiary alicyclic amines) is 1. The van der Waals surface area contributed by atoms with Crippen molar-refractivity contribution < 1.29 is 23.1 Å². The monoisotopic (exact) mass is 398 g/mol. The third kappa shape index (κ3) is 4.42. The molecule has 4 nitrogen and oxygen atoms in total. The summed E-state index contributed by atoms with van der Waals surface area (Å²) in [6.07, 6.45) is -0.443. The summed E-state index contributed by atoms with van der Waals surface area (Å²) >= 11 is 6.29. The summed E-state index contributed by atoms with van der Waals surface area (Å²) in [5, 5.41) is 9.44. The van der Waals surface area contributed by atoms with Gasteiger partial charge in [0.1, 0.15) is 0 Å². The van der Waals surface area contributed by atoms with Gasteiger partial charge in [0.05, 0.1) is 17.5 Å². The molecule has 0 aliphatic carbocycles. The number of carboxylic acids is 1. The number of hydrogen-bond acceptors (Lipinski definition) is 3. The number of carboxylic acid groups (broad SMARTS) is 1. The molecule has 0 bridgehead atoms. The maximum absolute atomic E-state index is 13.2. The van der Waals surface area contributed by atoms with Crippen LogP contribution in [0.15, 0.2) is 42.7 Å². The van der Waals surface area contributed by atoms with Crippen LogP contribution in [0.2, 0.25) is 5.02 Å². The van der Waals surface area contributed by atoms with Crippen molar-refractivity contribution in [1.29, 1.82) is 0 Å². The van der Waals surface area contributed by atoms with E-state index in [4.69, 9.17) is 11.6 Å². The number of nitrogens with zero attached hydrogens (tertiary/aromatic N) is 2. The van der Waals surface area contributed by atoms with Crippen LogP contribution in [0.5, 0.6) is 0 Å². The minimum Gasteiger partial charge on any atom is -0.481 e. The van der Waals surface area contributed by atoms with E-state index >= 15 is 0 Å². The van der Waals surface area contributed by atoms with Crippen molar-refractivity contribution in [3.63, 3.8) is 0 Å². The molecule has 0 spiro atoms. The van der Waals surface area contributed by atoms with E-state index in [0.717, 1.165) is 17.7 Å². The first-order chi connectivity index (χ1) is 12.8. The first-order valence-electron chi connectivity index (χ1n) is 8.51. The number of alkyl halides is 3. The van der Waals surface area contributed by atoms with E-state index in [2.05, 4.69) is 4.98 Å². The molecule has 1 aromatic heterocycles. The second kappa shape index (κ2) is 7.86. The maximum Gasteiger partial charge on any atom is 0.416 e. The van der Waals surface area contributed by atoms with E-state index in [0.29, 0.717) is 31.5 Å². The Hall–Kier alpha value is -2.12. The number of piperidine rings is 1. The highest BCUT2D eigenvalue weighted by molar-refractivity contribution is 6.31. The van der Waals surface area contributed by atoms with Gasteiger partial charge in [0, 0.05) is 17.4 Å². The van der Waals surface area contributed by atoms with Crippen molar-refractivity contribution in [3.05, 3.63) is 64.4 Å². The number of pyridine rings is 1. The van der Waals surface area contributed by atoms with Crippen molar-refractivity contribution in [3.8, 4) is 0 Å². The molecule has 0 saturated carbocycles. The summed E-state index contributed by atoms with van der Waals surface area (Å²) in [7, 11) is 0. The standard InChI is InChI=1S/C19H18ClF3N2O2/c20-16-2-1-14(19(21,22)23)11-15(16)17(12-3-7-24-8-4-12)25-9-5-13(6-10-25)18(26)27/h1-4,7-8,11,13,17H,5-6,9-10H2,(H,26,27). The third-order valence-corrected chi connectivity index (χ3v) is 5.23. The highest BCUT2D eigenvalue weighted by atomic mass is 35.5. The zero-order valence-electron chi connectivity index (χ0n) is 14.3. The molecule has 0 amide bonds. The number of aliphatic carboxylic acids is 1. The summed E-state index contributed by atoms with van der Waals surface area (Å²) in [5.41, 5.74) is 0.354. The van der Waals surface area contributed by atoms with Crippen LogP contribution in [0.3, 0.4) is 0 Å². The fraction of sp³-hybridized carbons (Fsp3) is 0.368. The van der Waals surface area contributed by atoms with Gasteiger partial charge in [-0.2, -0.15) is 13.2 Å². The molecule has 3 rings (SSSR count). The van der Waals surface area contributed by atoms with E-state index in [1.165, 1.54) is 6.07 Å². The highest BCUT2D eigenvalue weighted by Gasteiger charge is 2.35. The van der Waals surface area contributed by atoms with Gasteiger partial charge in [-0.3, -0.25) is 14.7 Å².